The van der Waals surface area contributed by atoms with Gasteiger partial charge in [-0.25, -0.2) is 4.39 Å². The Hall–Kier alpha value is -1.20. The molecule has 0 aliphatic carbocycles. The molecule has 0 spiro atoms. The van der Waals surface area contributed by atoms with Crippen LogP contribution in [0.5, 0.6) is 0 Å². The normalized spacial score (nSPS) is 13.2. The van der Waals surface area contributed by atoms with Gasteiger partial charge in [-0.1, -0.05) is 93.9 Å². The van der Waals surface area contributed by atoms with Crippen LogP contribution in [0.15, 0.2) is 54.6 Å². The average molecular weight is 331 g/mol. The molecule has 0 bridgehead atoms. The summed E-state index contributed by atoms with van der Waals surface area (Å²) in [6.07, 6.45) is 0. The first-order valence-electron chi connectivity index (χ1n) is 7.92. The van der Waals surface area contributed by atoms with Gasteiger partial charge in [0.15, 0.2) is 0 Å². The van der Waals surface area contributed by atoms with Crippen LogP contribution in [0.25, 0.3) is 11.1 Å². The van der Waals surface area contributed by atoms with Gasteiger partial charge in [0, 0.05) is 0 Å². The first-order valence-corrected chi connectivity index (χ1v) is 14.9. The van der Waals surface area contributed by atoms with Crippen molar-refractivity contribution >= 4 is 16.1 Å². The molecular formula is C19H27FSi2. The van der Waals surface area contributed by atoms with Gasteiger partial charge in [0.25, 0.3) is 0 Å². The molecule has 2 rings (SSSR count). The van der Waals surface area contributed by atoms with E-state index in [0.29, 0.717) is 0 Å². The number of hydrogen-bond acceptors (Lipinski definition) is 0. The molecule has 0 saturated carbocycles. The van der Waals surface area contributed by atoms with Crippen molar-refractivity contribution in [1.82, 2.24) is 0 Å². The molecule has 2 aromatic carbocycles. The molecule has 0 atom stereocenters. The fourth-order valence-corrected chi connectivity index (χ4v) is 14.6. The first-order chi connectivity index (χ1) is 10.1. The van der Waals surface area contributed by atoms with Gasteiger partial charge in [-0.3, -0.25) is 0 Å². The second-order valence-corrected chi connectivity index (χ2v) is 19.0. The van der Waals surface area contributed by atoms with Gasteiger partial charge in [0.2, 0.25) is 0 Å². The number of halogens is 1. The number of alkyl halides is 1. The molecule has 3 heteroatoms. The summed E-state index contributed by atoms with van der Waals surface area (Å²) in [5.74, 6) is 0. The summed E-state index contributed by atoms with van der Waals surface area (Å²) in [5.41, 5.74) is 3.21. The molecule has 0 fully saturated rings. The second-order valence-electron chi connectivity index (χ2n) is 8.10. The lowest BCUT2D eigenvalue weighted by Gasteiger charge is -2.45. The third-order valence-electron chi connectivity index (χ3n) is 4.46. The van der Waals surface area contributed by atoms with Crippen LogP contribution in [-0.4, -0.2) is 16.1 Å². The maximum Gasteiger partial charge on any atom is 0.112 e. The maximum absolute atomic E-state index is 16.2. The highest BCUT2D eigenvalue weighted by molar-refractivity contribution is 6.97. The molecule has 2 aromatic rings. The van der Waals surface area contributed by atoms with E-state index in [-0.39, 0.29) is 0 Å². The van der Waals surface area contributed by atoms with Crippen LogP contribution < -0.4 is 0 Å². The summed E-state index contributed by atoms with van der Waals surface area (Å²) in [7, 11) is -3.98. The molecule has 0 unspecified atom stereocenters. The fraction of sp³-hybridized carbons (Fsp3) is 0.368. The van der Waals surface area contributed by atoms with E-state index in [2.05, 4.69) is 63.5 Å². The van der Waals surface area contributed by atoms with Gasteiger partial charge in [-0.15, -0.1) is 0 Å². The molecule has 118 valence electrons. The molecule has 0 aromatic heterocycles. The molecular weight excluding hydrogens is 303 g/mol. The molecule has 0 aliphatic heterocycles. The Morgan fingerprint density at radius 3 is 1.45 bits per heavy atom. The Morgan fingerprint density at radius 2 is 1.05 bits per heavy atom. The SMILES string of the molecule is C[Si](C)(C)C(F)(c1ccc(-c2ccccc2)cc1)[Si](C)(C)C. The zero-order valence-corrected chi connectivity index (χ0v) is 16.6. The van der Waals surface area contributed by atoms with Crippen LogP contribution in [0.1, 0.15) is 5.56 Å². The third-order valence-corrected chi connectivity index (χ3v) is 13.7. The highest BCUT2D eigenvalue weighted by Gasteiger charge is 2.54. The Labute approximate surface area is 136 Å². The van der Waals surface area contributed by atoms with Crippen molar-refractivity contribution < 1.29 is 4.39 Å². The quantitative estimate of drug-likeness (QED) is 0.579. The van der Waals surface area contributed by atoms with E-state index in [1.807, 2.05) is 30.3 Å². The van der Waals surface area contributed by atoms with E-state index >= 15 is 4.39 Å². The minimum absolute atomic E-state index is 0.880. The zero-order valence-electron chi connectivity index (χ0n) is 14.6. The van der Waals surface area contributed by atoms with Crippen molar-refractivity contribution in [3.8, 4) is 11.1 Å². The molecule has 0 saturated heterocycles. The Bertz CT molecular complexity index is 605. The van der Waals surface area contributed by atoms with Crippen LogP contribution in [0.3, 0.4) is 0 Å². The van der Waals surface area contributed by atoms with Crippen molar-refractivity contribution in [1.29, 1.82) is 0 Å². The summed E-state index contributed by atoms with van der Waals surface area (Å²) < 4.78 is 16.2. The van der Waals surface area contributed by atoms with Crippen molar-refractivity contribution in [2.75, 3.05) is 0 Å². The Balaban J connectivity index is 2.48. The zero-order chi connectivity index (χ0) is 16.6. The van der Waals surface area contributed by atoms with E-state index in [1.165, 1.54) is 5.56 Å². The van der Waals surface area contributed by atoms with Gasteiger partial charge >= 0.3 is 0 Å². The maximum atomic E-state index is 16.2. The summed E-state index contributed by atoms with van der Waals surface area (Å²) in [6, 6.07) is 18.4. The van der Waals surface area contributed by atoms with Crippen molar-refractivity contribution in [3.63, 3.8) is 0 Å². The molecule has 0 radical (unpaired) electrons. The minimum atomic E-state index is -1.99. The van der Waals surface area contributed by atoms with Gasteiger partial charge < -0.3 is 0 Å². The molecule has 22 heavy (non-hydrogen) atoms. The Morgan fingerprint density at radius 1 is 0.636 bits per heavy atom. The molecule has 0 N–H and O–H groups in total. The van der Waals surface area contributed by atoms with Crippen LogP contribution in [-0.2, 0) is 4.92 Å². The number of rotatable bonds is 4. The van der Waals surface area contributed by atoms with Crippen LogP contribution in [0, 0.1) is 0 Å². The predicted molar refractivity (Wildman–Crippen MR) is 101 cm³/mol. The van der Waals surface area contributed by atoms with Gasteiger partial charge in [-0.05, 0) is 16.7 Å². The second kappa shape index (κ2) is 5.78. The number of hydrogen-bond donors (Lipinski definition) is 0. The van der Waals surface area contributed by atoms with Crippen molar-refractivity contribution in [2.24, 2.45) is 0 Å². The van der Waals surface area contributed by atoms with Crippen LogP contribution in [0.4, 0.5) is 4.39 Å². The van der Waals surface area contributed by atoms with E-state index in [4.69, 9.17) is 0 Å². The molecule has 0 amide bonds. The fourth-order valence-electron chi connectivity index (χ4n) is 3.51. The van der Waals surface area contributed by atoms with Crippen molar-refractivity contribution in [2.45, 2.75) is 44.2 Å². The van der Waals surface area contributed by atoms with Gasteiger partial charge in [0.05, 0.1) is 16.1 Å². The predicted octanol–water partition coefficient (Wildman–Crippen LogP) is 6.27. The van der Waals surface area contributed by atoms with E-state index in [9.17, 15) is 0 Å². The molecule has 0 heterocycles. The lowest BCUT2D eigenvalue weighted by molar-refractivity contribution is 0.366. The van der Waals surface area contributed by atoms with Gasteiger partial charge in [-0.2, -0.15) is 0 Å². The topological polar surface area (TPSA) is 0 Å². The summed E-state index contributed by atoms with van der Waals surface area (Å²) >= 11 is 0. The summed E-state index contributed by atoms with van der Waals surface area (Å²) in [5, 5.41) is 0. The van der Waals surface area contributed by atoms with Crippen molar-refractivity contribution in [3.05, 3.63) is 60.2 Å². The van der Waals surface area contributed by atoms with Crippen LogP contribution >= 0.6 is 0 Å². The highest BCUT2D eigenvalue weighted by Crippen LogP contribution is 2.44. The molecule has 0 aliphatic rings. The van der Waals surface area contributed by atoms with Gasteiger partial charge in [0.1, 0.15) is 4.92 Å². The standard InChI is InChI=1S/C19H27FSi2/c1-21(2,3)19(20,22(4,5)6)18-14-12-17(13-15-18)16-10-8-7-9-11-16/h7-15H,1-6H3. The number of benzene rings is 2. The highest BCUT2D eigenvalue weighted by atomic mass is 28.4. The van der Waals surface area contributed by atoms with Crippen LogP contribution in [0.2, 0.25) is 39.3 Å². The minimum Gasteiger partial charge on any atom is -0.247 e. The average Bonchev–Trinajstić information content (AvgIpc) is 2.45. The first kappa shape index (κ1) is 17.2. The summed E-state index contributed by atoms with van der Waals surface area (Å²) in [6.45, 7) is 12.9. The molecule has 0 nitrogen and oxygen atoms in total. The van der Waals surface area contributed by atoms with E-state index in [1.54, 1.807) is 0 Å². The summed E-state index contributed by atoms with van der Waals surface area (Å²) in [4.78, 5) is -1.12. The largest absolute Gasteiger partial charge is 0.247 e. The monoisotopic (exact) mass is 330 g/mol. The smallest absolute Gasteiger partial charge is 0.112 e. The van der Waals surface area contributed by atoms with E-state index < -0.39 is 21.1 Å². The van der Waals surface area contributed by atoms with E-state index in [0.717, 1.165) is 11.1 Å². The Kier molecular flexibility index (Phi) is 4.51. The lowest BCUT2D eigenvalue weighted by Crippen LogP contribution is -2.60. The third kappa shape index (κ3) is 2.97. The lowest BCUT2D eigenvalue weighted by atomic mass is 10.0.